The van der Waals surface area contributed by atoms with Gasteiger partial charge in [0.25, 0.3) is 0 Å². The van der Waals surface area contributed by atoms with Crippen LogP contribution >= 0.6 is 0 Å². The molecule has 0 aliphatic carbocycles. The highest BCUT2D eigenvalue weighted by atomic mass is 16.5. The van der Waals surface area contributed by atoms with Crippen molar-refractivity contribution < 1.29 is 9.53 Å². The maximum atomic E-state index is 12.9. The van der Waals surface area contributed by atoms with Crippen molar-refractivity contribution in [3.8, 4) is 11.1 Å². The fourth-order valence-electron chi connectivity index (χ4n) is 3.88. The normalized spacial score (nSPS) is 11.9. The molecule has 2 nitrogen and oxygen atoms in total. The van der Waals surface area contributed by atoms with Crippen LogP contribution in [0, 0.1) is 12.8 Å². The number of carbonyl (C=O) groups is 1. The Bertz CT molecular complexity index is 930. The lowest BCUT2D eigenvalue weighted by Crippen LogP contribution is -2.13. The van der Waals surface area contributed by atoms with Gasteiger partial charge in [0.05, 0.1) is 6.61 Å². The quantitative estimate of drug-likeness (QED) is 0.331. The summed E-state index contributed by atoms with van der Waals surface area (Å²) in [4.78, 5) is 12.9. The monoisotopic (exact) mass is 400 g/mol. The minimum atomic E-state index is 0.311. The summed E-state index contributed by atoms with van der Waals surface area (Å²) in [5.41, 5.74) is 5.92. The van der Waals surface area contributed by atoms with Crippen molar-refractivity contribution in [1.82, 2.24) is 0 Å². The molecule has 0 fully saturated rings. The number of carbonyl (C=O) groups excluding carboxylic acids is 1. The van der Waals surface area contributed by atoms with Crippen LogP contribution in [-0.4, -0.2) is 12.4 Å². The van der Waals surface area contributed by atoms with Crippen molar-refractivity contribution >= 4 is 5.78 Å². The largest absolute Gasteiger partial charge is 0.377 e. The van der Waals surface area contributed by atoms with Gasteiger partial charge < -0.3 is 4.74 Å². The second kappa shape index (κ2) is 11.5. The van der Waals surface area contributed by atoms with Gasteiger partial charge in [-0.05, 0) is 47.1 Å². The number of Topliss-reactive ketones (excluding diaryl/α,β-unsaturated/α-hetero) is 1. The molecule has 0 saturated carbocycles. The summed E-state index contributed by atoms with van der Waals surface area (Å²) in [6.45, 7) is 5.61. The summed E-state index contributed by atoms with van der Waals surface area (Å²) in [7, 11) is 0. The van der Waals surface area contributed by atoms with Crippen molar-refractivity contribution in [2.45, 2.75) is 46.1 Å². The van der Waals surface area contributed by atoms with Crippen molar-refractivity contribution in [1.29, 1.82) is 0 Å². The lowest BCUT2D eigenvalue weighted by atomic mass is 9.90. The summed E-state index contributed by atoms with van der Waals surface area (Å²) in [5.74, 6) is 0.685. The van der Waals surface area contributed by atoms with Crippen LogP contribution in [0.1, 0.15) is 42.9 Å². The Morgan fingerprint density at radius 1 is 0.867 bits per heavy atom. The third-order valence-corrected chi connectivity index (χ3v) is 5.72. The number of ether oxygens (including phenoxy) is 1. The highest BCUT2D eigenvalue weighted by Crippen LogP contribution is 2.28. The predicted molar refractivity (Wildman–Crippen MR) is 124 cm³/mol. The molecule has 0 aliphatic rings. The number of rotatable bonds is 11. The summed E-state index contributed by atoms with van der Waals surface area (Å²) in [6, 6.07) is 26.9. The summed E-state index contributed by atoms with van der Waals surface area (Å²) >= 11 is 0. The zero-order valence-corrected chi connectivity index (χ0v) is 18.1. The molecule has 0 spiro atoms. The number of ketones is 1. The van der Waals surface area contributed by atoms with Crippen LogP contribution in [-0.2, 0) is 22.6 Å². The number of hydrogen-bond acceptors (Lipinski definition) is 2. The van der Waals surface area contributed by atoms with Gasteiger partial charge in [0.15, 0.2) is 0 Å². The molecular weight excluding hydrogens is 368 g/mol. The Morgan fingerprint density at radius 2 is 1.53 bits per heavy atom. The molecular formula is C28H32O2. The Balaban J connectivity index is 1.54. The van der Waals surface area contributed by atoms with Crippen LogP contribution in [0.5, 0.6) is 0 Å². The van der Waals surface area contributed by atoms with Gasteiger partial charge in [0, 0.05) is 19.4 Å². The van der Waals surface area contributed by atoms with Gasteiger partial charge in [0.2, 0.25) is 0 Å². The average molecular weight is 401 g/mol. The van der Waals surface area contributed by atoms with E-state index in [0.29, 0.717) is 37.8 Å². The fourth-order valence-corrected chi connectivity index (χ4v) is 3.88. The molecule has 0 radical (unpaired) electrons. The first kappa shape index (κ1) is 22.0. The minimum absolute atomic E-state index is 0.311. The second-order valence-corrected chi connectivity index (χ2v) is 7.99. The predicted octanol–water partition coefficient (Wildman–Crippen LogP) is 6.80. The van der Waals surface area contributed by atoms with E-state index in [0.717, 1.165) is 18.4 Å². The highest BCUT2D eigenvalue weighted by molar-refractivity contribution is 5.84. The Morgan fingerprint density at radius 3 is 2.27 bits per heavy atom. The van der Waals surface area contributed by atoms with E-state index in [2.05, 4.69) is 68.4 Å². The standard InChI is InChI=1S/C28H32O2/c1-3-23(17-18-30-21-24-12-5-4-6-13-24)19-26(29)20-25-14-8-10-16-28(25)27-15-9-7-11-22(27)2/h4-16,23H,3,17-21H2,1-2H3. The summed E-state index contributed by atoms with van der Waals surface area (Å²) in [5, 5.41) is 0. The zero-order valence-electron chi connectivity index (χ0n) is 18.1. The molecule has 0 amide bonds. The zero-order chi connectivity index (χ0) is 21.2. The first-order valence-corrected chi connectivity index (χ1v) is 10.9. The van der Waals surface area contributed by atoms with Gasteiger partial charge >= 0.3 is 0 Å². The number of aryl methyl sites for hydroxylation is 1. The summed E-state index contributed by atoms with van der Waals surface area (Å²) < 4.78 is 5.83. The van der Waals surface area contributed by atoms with E-state index in [1.165, 1.54) is 22.3 Å². The van der Waals surface area contributed by atoms with Gasteiger partial charge in [-0.25, -0.2) is 0 Å². The molecule has 0 heterocycles. The van der Waals surface area contributed by atoms with E-state index in [1.54, 1.807) is 0 Å². The first-order valence-electron chi connectivity index (χ1n) is 10.9. The average Bonchev–Trinajstić information content (AvgIpc) is 2.77. The topological polar surface area (TPSA) is 26.3 Å². The lowest BCUT2D eigenvalue weighted by molar-refractivity contribution is -0.119. The van der Waals surface area contributed by atoms with Crippen molar-refractivity contribution in [2.24, 2.45) is 5.92 Å². The van der Waals surface area contributed by atoms with Crippen LogP contribution in [0.2, 0.25) is 0 Å². The molecule has 0 saturated heterocycles. The molecule has 0 bridgehead atoms. The van der Waals surface area contributed by atoms with Gasteiger partial charge in [-0.2, -0.15) is 0 Å². The fraction of sp³-hybridized carbons (Fsp3) is 0.321. The molecule has 1 atom stereocenters. The third kappa shape index (κ3) is 6.40. The Kier molecular flexibility index (Phi) is 8.41. The Labute approximate surface area is 180 Å². The van der Waals surface area contributed by atoms with E-state index in [-0.39, 0.29) is 0 Å². The molecule has 156 valence electrons. The molecule has 0 N–H and O–H groups in total. The van der Waals surface area contributed by atoms with E-state index in [1.807, 2.05) is 24.3 Å². The SMILES string of the molecule is CCC(CCOCc1ccccc1)CC(=O)Cc1ccccc1-c1ccccc1C. The van der Waals surface area contributed by atoms with E-state index in [9.17, 15) is 4.79 Å². The van der Waals surface area contributed by atoms with E-state index >= 15 is 0 Å². The molecule has 30 heavy (non-hydrogen) atoms. The molecule has 0 aliphatic heterocycles. The number of hydrogen-bond donors (Lipinski definition) is 0. The van der Waals surface area contributed by atoms with Crippen LogP contribution in [0.15, 0.2) is 78.9 Å². The van der Waals surface area contributed by atoms with Crippen molar-refractivity contribution in [3.63, 3.8) is 0 Å². The van der Waals surface area contributed by atoms with Gasteiger partial charge in [-0.15, -0.1) is 0 Å². The molecule has 3 aromatic rings. The first-order chi connectivity index (χ1) is 14.7. The third-order valence-electron chi connectivity index (χ3n) is 5.72. The van der Waals surface area contributed by atoms with Crippen LogP contribution < -0.4 is 0 Å². The lowest BCUT2D eigenvalue weighted by Gasteiger charge is -2.16. The maximum Gasteiger partial charge on any atom is 0.137 e. The van der Waals surface area contributed by atoms with Crippen LogP contribution in [0.25, 0.3) is 11.1 Å². The van der Waals surface area contributed by atoms with Crippen molar-refractivity contribution in [2.75, 3.05) is 6.61 Å². The van der Waals surface area contributed by atoms with Gasteiger partial charge in [-0.1, -0.05) is 92.2 Å². The molecule has 3 rings (SSSR count). The smallest absolute Gasteiger partial charge is 0.137 e. The summed E-state index contributed by atoms with van der Waals surface area (Å²) in [6.07, 6.45) is 3.04. The molecule has 2 heteroatoms. The second-order valence-electron chi connectivity index (χ2n) is 7.99. The maximum absolute atomic E-state index is 12.9. The van der Waals surface area contributed by atoms with Crippen LogP contribution in [0.3, 0.4) is 0 Å². The van der Waals surface area contributed by atoms with E-state index < -0.39 is 0 Å². The minimum Gasteiger partial charge on any atom is -0.377 e. The molecule has 3 aromatic carbocycles. The number of benzene rings is 3. The molecule has 1 unspecified atom stereocenters. The van der Waals surface area contributed by atoms with Crippen molar-refractivity contribution in [3.05, 3.63) is 95.6 Å². The van der Waals surface area contributed by atoms with Gasteiger partial charge in [0.1, 0.15) is 5.78 Å². The highest BCUT2D eigenvalue weighted by Gasteiger charge is 2.15. The van der Waals surface area contributed by atoms with Crippen LogP contribution in [0.4, 0.5) is 0 Å². The molecule has 0 aromatic heterocycles. The Hall–Kier alpha value is -2.71. The van der Waals surface area contributed by atoms with Gasteiger partial charge in [-0.3, -0.25) is 4.79 Å². The van der Waals surface area contributed by atoms with E-state index in [4.69, 9.17) is 4.74 Å².